The van der Waals surface area contributed by atoms with Gasteiger partial charge >= 0.3 is 0 Å². The fraction of sp³-hybridized carbons (Fsp3) is 0.312. The van der Waals surface area contributed by atoms with E-state index in [1.807, 2.05) is 37.3 Å². The number of nitrogens with one attached hydrogen (secondary N) is 1. The van der Waals surface area contributed by atoms with Crippen LogP contribution in [0.2, 0.25) is 0 Å². The number of benzene rings is 1. The first kappa shape index (κ1) is 15.0. The van der Waals surface area contributed by atoms with Gasteiger partial charge in [0.15, 0.2) is 0 Å². The summed E-state index contributed by atoms with van der Waals surface area (Å²) < 4.78 is 6.86. The third kappa shape index (κ3) is 4.32. The Bertz CT molecular complexity index is 584. The van der Waals surface area contributed by atoms with Gasteiger partial charge in [0.1, 0.15) is 5.75 Å². The smallest absolute Gasteiger partial charge is 0.219 e. The number of aryl methyl sites for hydroxylation is 1. The van der Waals surface area contributed by atoms with Gasteiger partial charge in [-0.2, -0.15) is 0 Å². The Hall–Kier alpha value is -1.39. The summed E-state index contributed by atoms with van der Waals surface area (Å²) in [5, 5.41) is 3.38. The molecular weight excluding hydrogens is 316 g/mol. The van der Waals surface area contributed by atoms with Crippen molar-refractivity contribution in [2.75, 3.05) is 0 Å². The maximum Gasteiger partial charge on any atom is 0.219 e. The van der Waals surface area contributed by atoms with Crippen LogP contribution in [0.5, 0.6) is 11.6 Å². The molecule has 0 amide bonds. The van der Waals surface area contributed by atoms with Crippen LogP contribution in [0.15, 0.2) is 41.0 Å². The number of nitrogens with zero attached hydrogens (tertiary/aromatic N) is 1. The molecule has 106 valence electrons. The monoisotopic (exact) mass is 334 g/mol. The standard InChI is InChI=1S/C16H19BrN2O/c1-11(2)19-10-13-6-7-18-16(8-13)20-15-9-14(17)5-4-12(15)3/h4-9,11,19H,10H2,1-3H3. The van der Waals surface area contributed by atoms with Crippen LogP contribution in [0.4, 0.5) is 0 Å². The van der Waals surface area contributed by atoms with E-state index in [9.17, 15) is 0 Å². The lowest BCUT2D eigenvalue weighted by Crippen LogP contribution is -2.21. The molecular formula is C16H19BrN2O. The van der Waals surface area contributed by atoms with Crippen LogP contribution in [0.1, 0.15) is 25.0 Å². The predicted molar refractivity (Wildman–Crippen MR) is 85.2 cm³/mol. The summed E-state index contributed by atoms with van der Waals surface area (Å²) in [6.45, 7) is 7.09. The summed E-state index contributed by atoms with van der Waals surface area (Å²) >= 11 is 3.45. The quantitative estimate of drug-likeness (QED) is 0.877. The number of rotatable bonds is 5. The maximum absolute atomic E-state index is 5.87. The molecule has 1 N–H and O–H groups in total. The molecule has 3 nitrogen and oxygen atoms in total. The summed E-state index contributed by atoms with van der Waals surface area (Å²) in [6, 6.07) is 10.4. The topological polar surface area (TPSA) is 34.1 Å². The van der Waals surface area contributed by atoms with Crippen LogP contribution in [-0.4, -0.2) is 11.0 Å². The minimum Gasteiger partial charge on any atom is -0.439 e. The molecule has 2 aromatic rings. The van der Waals surface area contributed by atoms with Gasteiger partial charge in [0.25, 0.3) is 0 Å². The maximum atomic E-state index is 5.87. The Kier molecular flexibility index (Phi) is 5.15. The molecule has 0 radical (unpaired) electrons. The SMILES string of the molecule is Cc1ccc(Br)cc1Oc1cc(CNC(C)C)ccn1. The molecule has 0 fully saturated rings. The minimum absolute atomic E-state index is 0.458. The highest BCUT2D eigenvalue weighted by Crippen LogP contribution is 2.27. The molecule has 0 aliphatic rings. The Morgan fingerprint density at radius 1 is 1.25 bits per heavy atom. The van der Waals surface area contributed by atoms with Crippen LogP contribution in [0.3, 0.4) is 0 Å². The molecule has 1 heterocycles. The first-order valence-electron chi connectivity index (χ1n) is 6.67. The van der Waals surface area contributed by atoms with Gasteiger partial charge in [-0.05, 0) is 36.2 Å². The van der Waals surface area contributed by atoms with E-state index in [2.05, 4.69) is 40.1 Å². The lowest BCUT2D eigenvalue weighted by molar-refractivity contribution is 0.457. The molecule has 0 saturated carbocycles. The molecule has 1 aromatic heterocycles. The highest BCUT2D eigenvalue weighted by Gasteiger charge is 2.05. The zero-order valence-electron chi connectivity index (χ0n) is 12.0. The van der Waals surface area contributed by atoms with E-state index >= 15 is 0 Å². The van der Waals surface area contributed by atoms with Crippen molar-refractivity contribution in [1.82, 2.24) is 10.3 Å². The Labute approximate surface area is 128 Å². The lowest BCUT2D eigenvalue weighted by atomic mass is 10.2. The fourth-order valence-corrected chi connectivity index (χ4v) is 2.07. The van der Waals surface area contributed by atoms with E-state index in [0.29, 0.717) is 11.9 Å². The predicted octanol–water partition coefficient (Wildman–Crippen LogP) is 4.44. The van der Waals surface area contributed by atoms with E-state index in [1.165, 1.54) is 0 Å². The second-order valence-electron chi connectivity index (χ2n) is 5.05. The molecule has 0 bridgehead atoms. The second kappa shape index (κ2) is 6.86. The zero-order chi connectivity index (χ0) is 14.5. The van der Waals surface area contributed by atoms with Crippen molar-refractivity contribution in [2.24, 2.45) is 0 Å². The number of halogens is 1. The van der Waals surface area contributed by atoms with Gasteiger partial charge in [0.05, 0.1) is 0 Å². The van der Waals surface area contributed by atoms with Crippen LogP contribution in [0.25, 0.3) is 0 Å². The molecule has 0 aliphatic heterocycles. The molecule has 0 saturated heterocycles. The molecule has 0 unspecified atom stereocenters. The summed E-state index contributed by atoms with van der Waals surface area (Å²) in [5.41, 5.74) is 2.25. The lowest BCUT2D eigenvalue weighted by Gasteiger charge is -2.11. The van der Waals surface area contributed by atoms with Crippen molar-refractivity contribution in [1.29, 1.82) is 0 Å². The van der Waals surface area contributed by atoms with Gasteiger partial charge in [-0.15, -0.1) is 0 Å². The fourth-order valence-electron chi connectivity index (χ4n) is 1.73. The van der Waals surface area contributed by atoms with Gasteiger partial charge in [-0.3, -0.25) is 0 Å². The number of aromatic nitrogens is 1. The van der Waals surface area contributed by atoms with Gasteiger partial charge in [0, 0.05) is 29.3 Å². The Morgan fingerprint density at radius 2 is 2.05 bits per heavy atom. The summed E-state index contributed by atoms with van der Waals surface area (Å²) in [4.78, 5) is 4.27. The molecule has 0 spiro atoms. The van der Waals surface area contributed by atoms with Crippen molar-refractivity contribution in [3.05, 3.63) is 52.1 Å². The van der Waals surface area contributed by atoms with Crippen molar-refractivity contribution in [3.63, 3.8) is 0 Å². The average Bonchev–Trinajstić information content (AvgIpc) is 2.41. The van der Waals surface area contributed by atoms with Gasteiger partial charge < -0.3 is 10.1 Å². The van der Waals surface area contributed by atoms with E-state index in [4.69, 9.17) is 4.74 Å². The molecule has 4 heteroatoms. The summed E-state index contributed by atoms with van der Waals surface area (Å²) in [6.07, 6.45) is 1.78. The minimum atomic E-state index is 0.458. The summed E-state index contributed by atoms with van der Waals surface area (Å²) in [5.74, 6) is 1.44. The number of hydrogen-bond donors (Lipinski definition) is 1. The molecule has 1 aromatic carbocycles. The molecule has 0 atom stereocenters. The average molecular weight is 335 g/mol. The van der Waals surface area contributed by atoms with Crippen LogP contribution >= 0.6 is 15.9 Å². The van der Waals surface area contributed by atoms with Crippen LogP contribution in [-0.2, 0) is 6.54 Å². The number of hydrogen-bond acceptors (Lipinski definition) is 3. The van der Waals surface area contributed by atoms with Gasteiger partial charge in [0.2, 0.25) is 5.88 Å². The molecule has 20 heavy (non-hydrogen) atoms. The van der Waals surface area contributed by atoms with E-state index in [-0.39, 0.29) is 0 Å². The van der Waals surface area contributed by atoms with Crippen molar-refractivity contribution in [2.45, 2.75) is 33.4 Å². The first-order chi connectivity index (χ1) is 9.54. The highest BCUT2D eigenvalue weighted by atomic mass is 79.9. The van der Waals surface area contributed by atoms with E-state index in [1.54, 1.807) is 6.20 Å². The normalized spacial score (nSPS) is 10.8. The molecule has 2 rings (SSSR count). The van der Waals surface area contributed by atoms with Crippen molar-refractivity contribution in [3.8, 4) is 11.6 Å². The largest absolute Gasteiger partial charge is 0.439 e. The Morgan fingerprint density at radius 3 is 2.80 bits per heavy atom. The zero-order valence-corrected chi connectivity index (χ0v) is 13.6. The molecule has 0 aliphatic carbocycles. The van der Waals surface area contributed by atoms with Gasteiger partial charge in [-0.1, -0.05) is 35.8 Å². The van der Waals surface area contributed by atoms with Crippen LogP contribution in [0, 0.1) is 6.92 Å². The van der Waals surface area contributed by atoms with E-state index < -0.39 is 0 Å². The van der Waals surface area contributed by atoms with Crippen molar-refractivity contribution < 1.29 is 4.74 Å². The number of pyridine rings is 1. The third-order valence-electron chi connectivity index (χ3n) is 2.88. The third-order valence-corrected chi connectivity index (χ3v) is 3.37. The summed E-state index contributed by atoms with van der Waals surface area (Å²) in [7, 11) is 0. The van der Waals surface area contributed by atoms with Gasteiger partial charge in [-0.25, -0.2) is 4.98 Å². The highest BCUT2D eigenvalue weighted by molar-refractivity contribution is 9.10. The first-order valence-corrected chi connectivity index (χ1v) is 7.46. The second-order valence-corrected chi connectivity index (χ2v) is 5.97. The van der Waals surface area contributed by atoms with Crippen LogP contribution < -0.4 is 10.1 Å². The van der Waals surface area contributed by atoms with E-state index in [0.717, 1.165) is 27.9 Å². The number of ether oxygens (including phenoxy) is 1. The Balaban J connectivity index is 2.13. The van der Waals surface area contributed by atoms with Crippen molar-refractivity contribution >= 4 is 15.9 Å².